The maximum atomic E-state index is 13.7. The van der Waals surface area contributed by atoms with Crippen LogP contribution < -0.4 is 5.32 Å². The number of halogens is 1. The standard InChI is InChI=1S/C16H24FN/c1-12(14-8-4-3-5-9-14)18-13(2)15-10-6-7-11-16(15)17/h6-7,10-14,18H,3-5,8-9H2,1-2H3/t12-,13?/m0/s1. The third-order valence-electron chi connectivity index (χ3n) is 4.24. The van der Waals surface area contributed by atoms with E-state index in [1.807, 2.05) is 12.1 Å². The summed E-state index contributed by atoms with van der Waals surface area (Å²) in [5, 5.41) is 3.57. The van der Waals surface area contributed by atoms with E-state index in [1.54, 1.807) is 12.1 Å². The van der Waals surface area contributed by atoms with E-state index in [4.69, 9.17) is 0 Å². The Labute approximate surface area is 110 Å². The number of benzene rings is 1. The molecule has 0 aromatic heterocycles. The minimum absolute atomic E-state index is 0.0862. The Morgan fingerprint density at radius 2 is 1.78 bits per heavy atom. The number of hydrogen-bond acceptors (Lipinski definition) is 1. The van der Waals surface area contributed by atoms with Crippen LogP contribution in [0.25, 0.3) is 0 Å². The highest BCUT2D eigenvalue weighted by Gasteiger charge is 2.22. The van der Waals surface area contributed by atoms with Gasteiger partial charge >= 0.3 is 0 Å². The first-order valence-electron chi connectivity index (χ1n) is 7.19. The maximum absolute atomic E-state index is 13.7. The van der Waals surface area contributed by atoms with Crippen LogP contribution in [0.2, 0.25) is 0 Å². The lowest BCUT2D eigenvalue weighted by molar-refractivity contribution is 0.267. The highest BCUT2D eigenvalue weighted by Crippen LogP contribution is 2.28. The molecule has 1 fully saturated rings. The zero-order chi connectivity index (χ0) is 13.0. The molecular weight excluding hydrogens is 225 g/mol. The van der Waals surface area contributed by atoms with Crippen LogP contribution in [0.15, 0.2) is 24.3 Å². The second-order valence-electron chi connectivity index (χ2n) is 5.60. The van der Waals surface area contributed by atoms with E-state index in [2.05, 4.69) is 19.2 Å². The zero-order valence-corrected chi connectivity index (χ0v) is 11.5. The highest BCUT2D eigenvalue weighted by atomic mass is 19.1. The minimum atomic E-state index is -0.103. The molecule has 1 aromatic carbocycles. The lowest BCUT2D eigenvalue weighted by Gasteiger charge is -2.31. The van der Waals surface area contributed by atoms with Gasteiger partial charge < -0.3 is 5.32 Å². The van der Waals surface area contributed by atoms with Gasteiger partial charge in [0.2, 0.25) is 0 Å². The summed E-state index contributed by atoms with van der Waals surface area (Å²) >= 11 is 0. The largest absolute Gasteiger partial charge is 0.307 e. The molecule has 0 saturated heterocycles. The van der Waals surface area contributed by atoms with Crippen molar-refractivity contribution >= 4 is 0 Å². The Morgan fingerprint density at radius 3 is 2.44 bits per heavy atom. The van der Waals surface area contributed by atoms with E-state index in [0.29, 0.717) is 6.04 Å². The summed E-state index contributed by atoms with van der Waals surface area (Å²) in [4.78, 5) is 0. The lowest BCUT2D eigenvalue weighted by atomic mass is 9.84. The monoisotopic (exact) mass is 249 g/mol. The van der Waals surface area contributed by atoms with E-state index in [-0.39, 0.29) is 11.9 Å². The Bertz CT molecular complexity index is 371. The van der Waals surface area contributed by atoms with Crippen molar-refractivity contribution in [3.8, 4) is 0 Å². The van der Waals surface area contributed by atoms with E-state index in [9.17, 15) is 4.39 Å². The van der Waals surface area contributed by atoms with Crippen LogP contribution >= 0.6 is 0 Å². The molecule has 0 amide bonds. The van der Waals surface area contributed by atoms with Crippen LogP contribution in [0.4, 0.5) is 4.39 Å². The summed E-state index contributed by atoms with van der Waals surface area (Å²) in [7, 11) is 0. The number of hydrogen-bond donors (Lipinski definition) is 1. The fourth-order valence-corrected chi connectivity index (χ4v) is 3.08. The molecule has 1 aromatic rings. The first-order valence-corrected chi connectivity index (χ1v) is 7.19. The molecule has 1 aliphatic carbocycles. The van der Waals surface area contributed by atoms with Crippen LogP contribution in [0.3, 0.4) is 0 Å². The number of rotatable bonds is 4. The van der Waals surface area contributed by atoms with Gasteiger partial charge in [-0.25, -0.2) is 4.39 Å². The van der Waals surface area contributed by atoms with Gasteiger partial charge in [0.05, 0.1) is 0 Å². The molecule has 0 bridgehead atoms. The molecule has 18 heavy (non-hydrogen) atoms. The maximum Gasteiger partial charge on any atom is 0.127 e. The van der Waals surface area contributed by atoms with Crippen LogP contribution in [0.1, 0.15) is 57.6 Å². The molecule has 2 heteroatoms. The SMILES string of the molecule is CC(N[C@@H](C)C1CCCCC1)c1ccccc1F. The summed E-state index contributed by atoms with van der Waals surface area (Å²) in [6.45, 7) is 4.30. The van der Waals surface area contributed by atoms with Gasteiger partial charge in [-0.05, 0) is 38.7 Å². The van der Waals surface area contributed by atoms with Gasteiger partial charge in [-0.1, -0.05) is 37.5 Å². The average molecular weight is 249 g/mol. The summed E-state index contributed by atoms with van der Waals surface area (Å²) in [5.74, 6) is 0.654. The fourth-order valence-electron chi connectivity index (χ4n) is 3.08. The molecule has 0 heterocycles. The Balaban J connectivity index is 1.94. The van der Waals surface area contributed by atoms with Gasteiger partial charge in [0.15, 0.2) is 0 Å². The average Bonchev–Trinajstić information content (AvgIpc) is 2.40. The molecule has 0 aliphatic heterocycles. The van der Waals surface area contributed by atoms with Gasteiger partial charge in [0.25, 0.3) is 0 Å². The van der Waals surface area contributed by atoms with Crippen molar-refractivity contribution in [1.82, 2.24) is 5.32 Å². The Kier molecular flexibility index (Phi) is 4.76. The molecule has 1 saturated carbocycles. The van der Waals surface area contributed by atoms with E-state index >= 15 is 0 Å². The molecule has 1 unspecified atom stereocenters. The normalized spacial score (nSPS) is 20.6. The van der Waals surface area contributed by atoms with Crippen LogP contribution in [0, 0.1) is 11.7 Å². The third kappa shape index (κ3) is 3.32. The van der Waals surface area contributed by atoms with Gasteiger partial charge in [-0.3, -0.25) is 0 Å². The molecular formula is C16H24FN. The van der Waals surface area contributed by atoms with Crippen molar-refractivity contribution in [2.24, 2.45) is 5.92 Å². The highest BCUT2D eigenvalue weighted by molar-refractivity contribution is 5.20. The summed E-state index contributed by atoms with van der Waals surface area (Å²) in [6, 6.07) is 7.63. The zero-order valence-electron chi connectivity index (χ0n) is 11.5. The van der Waals surface area contributed by atoms with Gasteiger partial charge in [-0.2, -0.15) is 0 Å². The van der Waals surface area contributed by atoms with Gasteiger partial charge in [0.1, 0.15) is 5.82 Å². The quantitative estimate of drug-likeness (QED) is 0.831. The third-order valence-corrected chi connectivity index (χ3v) is 4.24. The molecule has 0 radical (unpaired) electrons. The van der Waals surface area contributed by atoms with Crippen molar-refractivity contribution in [1.29, 1.82) is 0 Å². The topological polar surface area (TPSA) is 12.0 Å². The fraction of sp³-hybridized carbons (Fsp3) is 0.625. The van der Waals surface area contributed by atoms with Crippen LogP contribution in [0.5, 0.6) is 0 Å². The number of nitrogens with one attached hydrogen (secondary N) is 1. The van der Waals surface area contributed by atoms with Crippen molar-refractivity contribution in [2.45, 2.75) is 58.0 Å². The van der Waals surface area contributed by atoms with Gasteiger partial charge in [0, 0.05) is 17.6 Å². The second kappa shape index (κ2) is 6.33. The van der Waals surface area contributed by atoms with Crippen molar-refractivity contribution in [3.63, 3.8) is 0 Å². The van der Waals surface area contributed by atoms with Crippen LogP contribution in [-0.4, -0.2) is 6.04 Å². The molecule has 1 nitrogen and oxygen atoms in total. The van der Waals surface area contributed by atoms with Crippen molar-refractivity contribution in [3.05, 3.63) is 35.6 Å². The van der Waals surface area contributed by atoms with E-state index in [0.717, 1.165) is 11.5 Å². The van der Waals surface area contributed by atoms with Crippen molar-refractivity contribution in [2.75, 3.05) is 0 Å². The molecule has 100 valence electrons. The van der Waals surface area contributed by atoms with Crippen LogP contribution in [-0.2, 0) is 0 Å². The van der Waals surface area contributed by atoms with Gasteiger partial charge in [-0.15, -0.1) is 0 Å². The summed E-state index contributed by atoms with van der Waals surface area (Å²) in [5.41, 5.74) is 0.778. The Morgan fingerprint density at radius 1 is 1.11 bits per heavy atom. The molecule has 2 atom stereocenters. The lowest BCUT2D eigenvalue weighted by Crippen LogP contribution is -2.36. The first-order chi connectivity index (χ1) is 8.68. The van der Waals surface area contributed by atoms with E-state index < -0.39 is 0 Å². The summed E-state index contributed by atoms with van der Waals surface area (Å²) < 4.78 is 13.7. The Hall–Kier alpha value is -0.890. The first kappa shape index (κ1) is 13.5. The molecule has 1 N–H and O–H groups in total. The predicted octanol–water partition coefficient (Wildman–Crippen LogP) is 4.45. The predicted molar refractivity (Wildman–Crippen MR) is 74.0 cm³/mol. The minimum Gasteiger partial charge on any atom is -0.307 e. The molecule has 1 aliphatic rings. The molecule has 2 rings (SSSR count). The second-order valence-corrected chi connectivity index (χ2v) is 5.60. The molecule has 0 spiro atoms. The van der Waals surface area contributed by atoms with E-state index in [1.165, 1.54) is 32.1 Å². The summed E-state index contributed by atoms with van der Waals surface area (Å²) in [6.07, 6.45) is 6.72. The smallest absolute Gasteiger partial charge is 0.127 e. The van der Waals surface area contributed by atoms with Crippen molar-refractivity contribution < 1.29 is 4.39 Å².